The number of guanidine groups is 1. The van der Waals surface area contributed by atoms with Crippen LogP contribution in [-0.4, -0.2) is 45.3 Å². The Morgan fingerprint density at radius 3 is 2.48 bits per heavy atom. The van der Waals surface area contributed by atoms with Gasteiger partial charge in [-0.25, -0.2) is 13.6 Å². The first-order valence-electron chi connectivity index (χ1n) is 9.60. The molecule has 0 aliphatic carbocycles. The second-order valence-electron chi connectivity index (χ2n) is 6.89. The highest BCUT2D eigenvalue weighted by molar-refractivity contribution is 14.0. The third kappa shape index (κ3) is 6.68. The van der Waals surface area contributed by atoms with Crippen molar-refractivity contribution in [2.75, 3.05) is 37.5 Å². The summed E-state index contributed by atoms with van der Waals surface area (Å²) in [6.45, 7) is 1.56. The molecular formula is C21H26F2IN5O2. The van der Waals surface area contributed by atoms with Crippen molar-refractivity contribution in [2.45, 2.75) is 19.0 Å². The van der Waals surface area contributed by atoms with Crippen LogP contribution < -0.4 is 20.9 Å². The summed E-state index contributed by atoms with van der Waals surface area (Å²) < 4.78 is 32.6. The molecule has 0 radical (unpaired) electrons. The van der Waals surface area contributed by atoms with Crippen LogP contribution >= 0.6 is 24.0 Å². The Kier molecular flexibility index (Phi) is 9.28. The molecule has 168 valence electrons. The van der Waals surface area contributed by atoms with E-state index in [-0.39, 0.29) is 35.7 Å². The first-order valence-corrected chi connectivity index (χ1v) is 9.60. The second-order valence-corrected chi connectivity index (χ2v) is 6.89. The average Bonchev–Trinajstić information content (AvgIpc) is 3.20. The fraction of sp³-hybridized carbons (Fsp3) is 0.333. The van der Waals surface area contributed by atoms with E-state index in [4.69, 9.17) is 0 Å². The van der Waals surface area contributed by atoms with Crippen molar-refractivity contribution in [1.29, 1.82) is 0 Å². The zero-order chi connectivity index (χ0) is 21.5. The van der Waals surface area contributed by atoms with Crippen LogP contribution in [0.3, 0.4) is 0 Å². The van der Waals surface area contributed by atoms with Crippen LogP contribution in [0.5, 0.6) is 0 Å². The average molecular weight is 545 g/mol. The molecule has 1 amide bonds. The molecule has 2 aromatic carbocycles. The molecule has 2 aromatic rings. The van der Waals surface area contributed by atoms with E-state index in [1.807, 2.05) is 12.1 Å². The van der Waals surface area contributed by atoms with Gasteiger partial charge in [-0.15, -0.1) is 24.0 Å². The van der Waals surface area contributed by atoms with Crippen LogP contribution in [0.2, 0.25) is 0 Å². The normalized spacial score (nSPS) is 15.8. The lowest BCUT2D eigenvalue weighted by molar-refractivity contribution is 0.187. The molecule has 0 spiro atoms. The van der Waals surface area contributed by atoms with Gasteiger partial charge >= 0.3 is 6.09 Å². The quantitative estimate of drug-likeness (QED) is 0.304. The van der Waals surface area contributed by atoms with Crippen LogP contribution in [0.1, 0.15) is 12.0 Å². The zero-order valence-electron chi connectivity index (χ0n) is 17.3. The molecule has 1 unspecified atom stereocenters. The summed E-state index contributed by atoms with van der Waals surface area (Å²) in [4.78, 5) is 17.2. The lowest BCUT2D eigenvalue weighted by Gasteiger charge is -2.21. The number of halogens is 3. The van der Waals surface area contributed by atoms with E-state index in [0.717, 1.165) is 12.0 Å². The van der Waals surface area contributed by atoms with Crippen LogP contribution in [0.4, 0.5) is 25.0 Å². The van der Waals surface area contributed by atoms with Crippen LogP contribution in [0.25, 0.3) is 0 Å². The molecule has 31 heavy (non-hydrogen) atoms. The van der Waals surface area contributed by atoms with Gasteiger partial charge in [0.15, 0.2) is 5.96 Å². The number of amides is 1. The smallest absolute Gasteiger partial charge is 0.411 e. The number of carbonyl (C=O) groups is 1. The fourth-order valence-electron chi connectivity index (χ4n) is 3.32. The number of anilines is 2. The number of nitrogens with zero attached hydrogens (tertiary/aromatic N) is 2. The summed E-state index contributed by atoms with van der Waals surface area (Å²) in [7, 11) is 2.98. The fourth-order valence-corrected chi connectivity index (χ4v) is 3.32. The van der Waals surface area contributed by atoms with Gasteiger partial charge in [0.05, 0.1) is 7.11 Å². The number of methoxy groups -OCH3 is 1. The predicted molar refractivity (Wildman–Crippen MR) is 128 cm³/mol. The Morgan fingerprint density at radius 1 is 1.19 bits per heavy atom. The Balaban J connectivity index is 0.00000341. The van der Waals surface area contributed by atoms with Crippen molar-refractivity contribution in [2.24, 2.45) is 4.99 Å². The number of carbonyl (C=O) groups excluding carboxylic acids is 1. The largest absolute Gasteiger partial charge is 0.453 e. The van der Waals surface area contributed by atoms with Gasteiger partial charge in [0.25, 0.3) is 0 Å². The summed E-state index contributed by atoms with van der Waals surface area (Å²) in [6.07, 6.45) is 0.217. The van der Waals surface area contributed by atoms with E-state index >= 15 is 0 Å². The van der Waals surface area contributed by atoms with Gasteiger partial charge in [-0.05, 0) is 36.2 Å². The highest BCUT2D eigenvalue weighted by Crippen LogP contribution is 2.26. The maximum Gasteiger partial charge on any atom is 0.411 e. The highest BCUT2D eigenvalue weighted by Gasteiger charge is 2.27. The molecule has 0 aromatic heterocycles. The van der Waals surface area contributed by atoms with Gasteiger partial charge in [-0.2, -0.15) is 0 Å². The number of hydrogen-bond acceptors (Lipinski definition) is 4. The number of rotatable bonds is 5. The minimum absolute atomic E-state index is 0. The van der Waals surface area contributed by atoms with Crippen LogP contribution in [0.15, 0.2) is 47.5 Å². The maximum atomic E-state index is 14.0. The van der Waals surface area contributed by atoms with Gasteiger partial charge in [-0.3, -0.25) is 10.3 Å². The Morgan fingerprint density at radius 2 is 1.87 bits per heavy atom. The van der Waals surface area contributed by atoms with E-state index in [1.54, 1.807) is 24.1 Å². The Labute approximate surface area is 197 Å². The summed E-state index contributed by atoms with van der Waals surface area (Å²) in [5.41, 5.74) is 1.65. The number of nitrogens with one attached hydrogen (secondary N) is 3. The molecule has 1 saturated heterocycles. The summed E-state index contributed by atoms with van der Waals surface area (Å²) in [6, 6.07) is 11.2. The number of aliphatic imine (C=N–C) groups is 1. The predicted octanol–water partition coefficient (Wildman–Crippen LogP) is 3.71. The Hall–Kier alpha value is -2.63. The van der Waals surface area contributed by atoms with Crippen molar-refractivity contribution in [1.82, 2.24) is 10.6 Å². The number of benzene rings is 2. The van der Waals surface area contributed by atoms with Crippen molar-refractivity contribution in [3.8, 4) is 0 Å². The Bertz CT molecular complexity index is 891. The molecule has 1 fully saturated rings. The van der Waals surface area contributed by atoms with Gasteiger partial charge in [0, 0.05) is 38.4 Å². The molecule has 0 bridgehead atoms. The van der Waals surface area contributed by atoms with Crippen molar-refractivity contribution >= 4 is 47.4 Å². The summed E-state index contributed by atoms with van der Waals surface area (Å²) in [5, 5.41) is 9.11. The van der Waals surface area contributed by atoms with Crippen molar-refractivity contribution < 1.29 is 18.3 Å². The molecule has 1 heterocycles. The maximum absolute atomic E-state index is 14.0. The van der Waals surface area contributed by atoms with Gasteiger partial charge in [0.2, 0.25) is 0 Å². The molecule has 7 nitrogen and oxygen atoms in total. The lowest BCUT2D eigenvalue weighted by atomic mass is 10.2. The first kappa shape index (κ1) is 24.6. The molecule has 10 heteroatoms. The highest BCUT2D eigenvalue weighted by atomic mass is 127. The number of ether oxygens (including phenoxy) is 1. The van der Waals surface area contributed by atoms with E-state index in [9.17, 15) is 13.6 Å². The van der Waals surface area contributed by atoms with Crippen LogP contribution in [0, 0.1) is 11.6 Å². The van der Waals surface area contributed by atoms with E-state index in [0.29, 0.717) is 31.3 Å². The summed E-state index contributed by atoms with van der Waals surface area (Å²) >= 11 is 0. The summed E-state index contributed by atoms with van der Waals surface area (Å²) in [5.74, 6) is -0.501. The zero-order valence-corrected chi connectivity index (χ0v) is 19.7. The third-order valence-electron chi connectivity index (χ3n) is 4.85. The lowest BCUT2D eigenvalue weighted by Crippen LogP contribution is -2.44. The first-order chi connectivity index (χ1) is 14.5. The molecule has 3 rings (SSSR count). The van der Waals surface area contributed by atoms with E-state index < -0.39 is 17.7 Å². The minimum atomic E-state index is -0.553. The topological polar surface area (TPSA) is 78.0 Å². The van der Waals surface area contributed by atoms with Crippen molar-refractivity contribution in [3.63, 3.8) is 0 Å². The standard InChI is InChI=1S/C21H25F2N5O2.HI/c1-24-20(25-12-14-6-8-15(9-7-14)27-21(29)30-2)26-16-10-11-28(13-16)19-17(22)4-3-5-18(19)23;/h3-9,16H,10-13H2,1-2H3,(H,27,29)(H2,24,25,26);1H. The molecule has 1 aliphatic heterocycles. The second kappa shape index (κ2) is 11.7. The number of hydrogen-bond donors (Lipinski definition) is 3. The molecule has 3 N–H and O–H groups in total. The molecular weight excluding hydrogens is 519 g/mol. The van der Waals surface area contributed by atoms with Gasteiger partial charge in [0.1, 0.15) is 17.3 Å². The minimum Gasteiger partial charge on any atom is -0.453 e. The number of para-hydroxylation sites is 1. The van der Waals surface area contributed by atoms with Crippen LogP contribution in [-0.2, 0) is 11.3 Å². The molecule has 0 saturated carbocycles. The van der Waals surface area contributed by atoms with Gasteiger partial charge in [-0.1, -0.05) is 18.2 Å². The van der Waals surface area contributed by atoms with Crippen molar-refractivity contribution in [3.05, 3.63) is 59.7 Å². The SMILES string of the molecule is CN=C(NCc1ccc(NC(=O)OC)cc1)NC1CCN(c2c(F)cccc2F)C1.I. The monoisotopic (exact) mass is 545 g/mol. The van der Waals surface area contributed by atoms with E-state index in [2.05, 4.69) is 25.7 Å². The third-order valence-corrected chi connectivity index (χ3v) is 4.85. The van der Waals surface area contributed by atoms with E-state index in [1.165, 1.54) is 25.3 Å². The molecule has 1 atom stereocenters. The molecule has 1 aliphatic rings. The van der Waals surface area contributed by atoms with Gasteiger partial charge < -0.3 is 20.3 Å².